The summed E-state index contributed by atoms with van der Waals surface area (Å²) in [5.41, 5.74) is 5.02. The molecule has 2 rings (SSSR count). The van der Waals surface area contributed by atoms with Crippen LogP contribution in [-0.2, 0) is 11.2 Å². The highest BCUT2D eigenvalue weighted by molar-refractivity contribution is 5.78. The van der Waals surface area contributed by atoms with E-state index in [0.717, 1.165) is 19.3 Å². The average molecular weight is 338 g/mol. The summed E-state index contributed by atoms with van der Waals surface area (Å²) in [7, 11) is 0. The molecule has 1 atom stereocenters. The van der Waals surface area contributed by atoms with E-state index in [4.69, 9.17) is 4.74 Å². The van der Waals surface area contributed by atoms with Crippen LogP contribution < -0.4 is 10.2 Å². The Morgan fingerprint density at radius 3 is 2.56 bits per heavy atom. The van der Waals surface area contributed by atoms with Crippen molar-refractivity contribution in [3.8, 4) is 5.75 Å². The number of hydrazone groups is 1. The Bertz CT molecular complexity index is 666. The molecule has 1 N–H and O–H groups in total. The molecule has 0 spiro atoms. The van der Waals surface area contributed by atoms with Crippen LogP contribution in [0, 0.1) is 0 Å². The van der Waals surface area contributed by atoms with Gasteiger partial charge >= 0.3 is 0 Å². The zero-order valence-electron chi connectivity index (χ0n) is 14.9. The predicted molar refractivity (Wildman–Crippen MR) is 102 cm³/mol. The molecule has 25 heavy (non-hydrogen) atoms. The predicted octanol–water partition coefficient (Wildman–Crippen LogP) is 4.31. The first-order valence-corrected chi connectivity index (χ1v) is 8.76. The standard InChI is InChI=1S/C21H26N2O2/c1-3-17(2)19-11-13-20(14-12-19)25-16-21(24)23-22-15-7-10-18-8-5-4-6-9-18/h4-6,8-9,11-15,17H,3,7,10,16H2,1-2H3,(H,23,24)/b22-15+. The Hall–Kier alpha value is -2.62. The Balaban J connectivity index is 1.65. The molecule has 0 bridgehead atoms. The maximum absolute atomic E-state index is 11.7. The fourth-order valence-corrected chi connectivity index (χ4v) is 2.37. The van der Waals surface area contributed by atoms with Crippen molar-refractivity contribution in [1.29, 1.82) is 0 Å². The Morgan fingerprint density at radius 1 is 1.16 bits per heavy atom. The summed E-state index contributed by atoms with van der Waals surface area (Å²) in [5, 5.41) is 3.94. The lowest BCUT2D eigenvalue weighted by Gasteiger charge is -2.10. The molecule has 0 aliphatic rings. The Kier molecular flexibility index (Phi) is 7.70. The summed E-state index contributed by atoms with van der Waals surface area (Å²) < 4.78 is 5.48. The van der Waals surface area contributed by atoms with E-state index in [9.17, 15) is 4.79 Å². The minimum absolute atomic E-state index is 0.0430. The quantitative estimate of drug-likeness (QED) is 0.547. The summed E-state index contributed by atoms with van der Waals surface area (Å²) in [5.74, 6) is 0.958. The number of benzene rings is 2. The van der Waals surface area contributed by atoms with Crippen molar-refractivity contribution in [3.63, 3.8) is 0 Å². The van der Waals surface area contributed by atoms with Gasteiger partial charge in [0.2, 0.25) is 0 Å². The lowest BCUT2D eigenvalue weighted by atomic mass is 9.99. The number of carbonyl (C=O) groups is 1. The van der Waals surface area contributed by atoms with Crippen LogP contribution in [0.1, 0.15) is 43.7 Å². The second-order valence-corrected chi connectivity index (χ2v) is 6.04. The van der Waals surface area contributed by atoms with Crippen LogP contribution in [0.15, 0.2) is 59.7 Å². The first-order valence-electron chi connectivity index (χ1n) is 8.76. The summed E-state index contributed by atoms with van der Waals surface area (Å²) in [6, 6.07) is 18.1. The van der Waals surface area contributed by atoms with Gasteiger partial charge in [-0.2, -0.15) is 5.10 Å². The van der Waals surface area contributed by atoms with Crippen molar-refractivity contribution in [2.24, 2.45) is 5.10 Å². The highest BCUT2D eigenvalue weighted by Gasteiger charge is 2.04. The molecule has 2 aromatic carbocycles. The zero-order chi connectivity index (χ0) is 17.9. The largest absolute Gasteiger partial charge is 0.484 e. The molecule has 0 saturated carbocycles. The molecule has 0 aliphatic carbocycles. The fourth-order valence-electron chi connectivity index (χ4n) is 2.37. The minimum Gasteiger partial charge on any atom is -0.484 e. The molecule has 0 heterocycles. The van der Waals surface area contributed by atoms with Crippen LogP contribution in [0.25, 0.3) is 0 Å². The smallest absolute Gasteiger partial charge is 0.277 e. The second kappa shape index (κ2) is 10.3. The van der Waals surface area contributed by atoms with Gasteiger partial charge in [-0.25, -0.2) is 5.43 Å². The topological polar surface area (TPSA) is 50.7 Å². The van der Waals surface area contributed by atoms with Crippen molar-refractivity contribution in [3.05, 3.63) is 65.7 Å². The van der Waals surface area contributed by atoms with E-state index >= 15 is 0 Å². The molecule has 0 aromatic heterocycles. The third-order valence-electron chi connectivity index (χ3n) is 4.12. The number of nitrogens with zero attached hydrogens (tertiary/aromatic N) is 1. The molecule has 0 fully saturated rings. The van der Waals surface area contributed by atoms with E-state index in [2.05, 4.69) is 36.5 Å². The van der Waals surface area contributed by atoms with Gasteiger partial charge in [0.1, 0.15) is 5.75 Å². The van der Waals surface area contributed by atoms with Gasteiger partial charge in [0, 0.05) is 6.21 Å². The van der Waals surface area contributed by atoms with Gasteiger partial charge in [0.15, 0.2) is 6.61 Å². The van der Waals surface area contributed by atoms with Gasteiger partial charge < -0.3 is 4.74 Å². The van der Waals surface area contributed by atoms with Gasteiger partial charge in [-0.05, 0) is 48.4 Å². The Labute approximate surface area is 149 Å². The highest BCUT2D eigenvalue weighted by Crippen LogP contribution is 2.21. The van der Waals surface area contributed by atoms with Crippen molar-refractivity contribution in [2.75, 3.05) is 6.61 Å². The first kappa shape index (κ1) is 18.7. The summed E-state index contributed by atoms with van der Waals surface area (Å²) in [6.07, 6.45) is 4.50. The molecule has 4 heteroatoms. The van der Waals surface area contributed by atoms with Crippen LogP contribution >= 0.6 is 0 Å². The molecule has 2 aromatic rings. The summed E-state index contributed by atoms with van der Waals surface area (Å²) in [6.45, 7) is 4.32. The number of hydrogen-bond donors (Lipinski definition) is 1. The van der Waals surface area contributed by atoms with E-state index in [1.165, 1.54) is 11.1 Å². The van der Waals surface area contributed by atoms with Crippen molar-refractivity contribution in [2.45, 2.75) is 39.0 Å². The number of ether oxygens (including phenoxy) is 1. The van der Waals surface area contributed by atoms with Crippen molar-refractivity contribution in [1.82, 2.24) is 5.43 Å². The molecule has 1 unspecified atom stereocenters. The van der Waals surface area contributed by atoms with E-state index in [1.807, 2.05) is 42.5 Å². The number of hydrogen-bond acceptors (Lipinski definition) is 3. The van der Waals surface area contributed by atoms with Gasteiger partial charge in [0.25, 0.3) is 5.91 Å². The molecule has 0 saturated heterocycles. The molecular weight excluding hydrogens is 312 g/mol. The maximum Gasteiger partial charge on any atom is 0.277 e. The third-order valence-corrected chi connectivity index (χ3v) is 4.12. The second-order valence-electron chi connectivity index (χ2n) is 6.04. The van der Waals surface area contributed by atoms with Crippen LogP contribution in [-0.4, -0.2) is 18.7 Å². The number of amides is 1. The summed E-state index contributed by atoms with van der Waals surface area (Å²) in [4.78, 5) is 11.7. The monoisotopic (exact) mass is 338 g/mol. The Morgan fingerprint density at radius 2 is 1.88 bits per heavy atom. The molecule has 1 amide bonds. The SMILES string of the molecule is CCC(C)c1ccc(OCC(=O)N/N=C/CCc2ccccc2)cc1. The van der Waals surface area contributed by atoms with E-state index in [0.29, 0.717) is 11.7 Å². The number of nitrogens with one attached hydrogen (secondary N) is 1. The molecule has 0 radical (unpaired) electrons. The molecule has 0 aliphatic heterocycles. The van der Waals surface area contributed by atoms with Gasteiger partial charge in [-0.1, -0.05) is 56.3 Å². The highest BCUT2D eigenvalue weighted by atomic mass is 16.5. The van der Waals surface area contributed by atoms with E-state index in [-0.39, 0.29) is 12.5 Å². The van der Waals surface area contributed by atoms with Crippen LogP contribution in [0.4, 0.5) is 0 Å². The van der Waals surface area contributed by atoms with E-state index in [1.54, 1.807) is 6.21 Å². The molecular formula is C21H26N2O2. The normalized spacial score (nSPS) is 12.1. The minimum atomic E-state index is -0.262. The zero-order valence-corrected chi connectivity index (χ0v) is 14.9. The average Bonchev–Trinajstić information content (AvgIpc) is 2.66. The maximum atomic E-state index is 11.7. The van der Waals surface area contributed by atoms with E-state index < -0.39 is 0 Å². The van der Waals surface area contributed by atoms with Gasteiger partial charge in [-0.3, -0.25) is 4.79 Å². The molecule has 4 nitrogen and oxygen atoms in total. The van der Waals surface area contributed by atoms with Gasteiger partial charge in [-0.15, -0.1) is 0 Å². The molecule has 132 valence electrons. The summed E-state index contributed by atoms with van der Waals surface area (Å²) >= 11 is 0. The third kappa shape index (κ3) is 6.79. The number of aryl methyl sites for hydroxylation is 1. The first-order chi connectivity index (χ1) is 12.2. The lowest BCUT2D eigenvalue weighted by Crippen LogP contribution is -2.24. The van der Waals surface area contributed by atoms with Gasteiger partial charge in [0.05, 0.1) is 0 Å². The number of rotatable bonds is 9. The van der Waals surface area contributed by atoms with Crippen LogP contribution in [0.2, 0.25) is 0 Å². The number of carbonyl (C=O) groups excluding carboxylic acids is 1. The fraction of sp³-hybridized carbons (Fsp3) is 0.333. The van der Waals surface area contributed by atoms with Crippen molar-refractivity contribution < 1.29 is 9.53 Å². The van der Waals surface area contributed by atoms with Crippen LogP contribution in [0.3, 0.4) is 0 Å². The van der Waals surface area contributed by atoms with Crippen molar-refractivity contribution >= 4 is 12.1 Å². The van der Waals surface area contributed by atoms with Crippen LogP contribution in [0.5, 0.6) is 5.75 Å². The lowest BCUT2D eigenvalue weighted by molar-refractivity contribution is -0.123.